The van der Waals surface area contributed by atoms with Gasteiger partial charge in [-0.1, -0.05) is 45.9 Å². The molecule has 0 atom stereocenters. The molecule has 0 fully saturated rings. The molecule has 0 spiro atoms. The third kappa shape index (κ3) is 4.56. The van der Waals surface area contributed by atoms with Crippen LogP contribution in [-0.4, -0.2) is 27.8 Å². The van der Waals surface area contributed by atoms with Crippen molar-refractivity contribution in [1.29, 1.82) is 0 Å². The van der Waals surface area contributed by atoms with Crippen LogP contribution in [0, 0.1) is 11.8 Å². The molecule has 1 aromatic heterocycles. The molecule has 0 unspecified atom stereocenters. The van der Waals surface area contributed by atoms with E-state index in [-0.39, 0.29) is 0 Å². The average Bonchev–Trinajstić information content (AvgIpc) is 2.80. The maximum absolute atomic E-state index is 12.0. The second-order valence-electron chi connectivity index (χ2n) is 6.50. The van der Waals surface area contributed by atoms with E-state index in [4.69, 9.17) is 4.42 Å². The highest BCUT2D eigenvalue weighted by Gasteiger charge is 2.15. The molecule has 0 aliphatic heterocycles. The fourth-order valence-electron chi connectivity index (χ4n) is 2.51. The maximum atomic E-state index is 12.0. The summed E-state index contributed by atoms with van der Waals surface area (Å²) in [5, 5.41) is 4.33. The molecule has 22 heavy (non-hydrogen) atoms. The summed E-state index contributed by atoms with van der Waals surface area (Å²) < 4.78 is 6.69. The van der Waals surface area contributed by atoms with E-state index in [9.17, 15) is 4.79 Å². The van der Waals surface area contributed by atoms with Crippen molar-refractivity contribution in [2.75, 3.05) is 13.1 Å². The summed E-state index contributed by atoms with van der Waals surface area (Å²) in [5.41, 5.74) is 0.817. The molecule has 5 nitrogen and oxygen atoms in total. The SMILES string of the molecule is CC(C)CN(CC(C)C)Cn1nc(-c2ccccc2)oc1=O. The smallest absolute Gasteiger partial charge is 0.388 e. The molecule has 0 saturated heterocycles. The zero-order valence-electron chi connectivity index (χ0n) is 13.8. The van der Waals surface area contributed by atoms with Crippen LogP contribution in [0.3, 0.4) is 0 Å². The lowest BCUT2D eigenvalue weighted by molar-refractivity contribution is 0.161. The van der Waals surface area contributed by atoms with Crippen LogP contribution < -0.4 is 5.76 Å². The zero-order chi connectivity index (χ0) is 16.1. The summed E-state index contributed by atoms with van der Waals surface area (Å²) in [6.07, 6.45) is 0. The molecule has 5 heteroatoms. The van der Waals surface area contributed by atoms with Crippen LogP contribution in [0.1, 0.15) is 27.7 Å². The summed E-state index contributed by atoms with van der Waals surface area (Å²) in [5.74, 6) is 1.04. The van der Waals surface area contributed by atoms with Gasteiger partial charge in [-0.05, 0) is 24.0 Å². The van der Waals surface area contributed by atoms with Crippen LogP contribution in [0.4, 0.5) is 0 Å². The Bertz CT molecular complexity index is 619. The first-order valence-corrected chi connectivity index (χ1v) is 7.81. The second kappa shape index (κ2) is 7.40. The molecule has 2 aromatic rings. The summed E-state index contributed by atoms with van der Waals surface area (Å²) in [7, 11) is 0. The summed E-state index contributed by atoms with van der Waals surface area (Å²) in [4.78, 5) is 14.3. The summed E-state index contributed by atoms with van der Waals surface area (Å²) in [6, 6.07) is 9.49. The van der Waals surface area contributed by atoms with Gasteiger partial charge in [0.05, 0.1) is 0 Å². The topological polar surface area (TPSA) is 51.3 Å². The normalized spacial score (nSPS) is 11.8. The Balaban J connectivity index is 2.17. The van der Waals surface area contributed by atoms with Crippen LogP contribution in [0.2, 0.25) is 0 Å². The number of rotatable bonds is 7. The van der Waals surface area contributed by atoms with E-state index < -0.39 is 5.76 Å². The van der Waals surface area contributed by atoms with Crippen LogP contribution in [0.5, 0.6) is 0 Å². The zero-order valence-corrected chi connectivity index (χ0v) is 13.8. The van der Waals surface area contributed by atoms with Crippen molar-refractivity contribution in [2.45, 2.75) is 34.4 Å². The van der Waals surface area contributed by atoms with Gasteiger partial charge in [-0.3, -0.25) is 4.90 Å². The van der Waals surface area contributed by atoms with Crippen LogP contribution >= 0.6 is 0 Å². The lowest BCUT2D eigenvalue weighted by Crippen LogP contribution is -2.36. The van der Waals surface area contributed by atoms with E-state index >= 15 is 0 Å². The van der Waals surface area contributed by atoms with Gasteiger partial charge in [0.2, 0.25) is 5.89 Å². The number of nitrogens with zero attached hydrogens (tertiary/aromatic N) is 3. The van der Waals surface area contributed by atoms with Crippen LogP contribution in [0.25, 0.3) is 11.5 Å². The Labute approximate surface area is 131 Å². The van der Waals surface area contributed by atoms with Crippen LogP contribution in [-0.2, 0) is 6.67 Å². The molecule has 0 aliphatic rings. The first kappa shape index (κ1) is 16.5. The van der Waals surface area contributed by atoms with Crippen molar-refractivity contribution in [1.82, 2.24) is 14.7 Å². The van der Waals surface area contributed by atoms with E-state index in [0.29, 0.717) is 24.4 Å². The summed E-state index contributed by atoms with van der Waals surface area (Å²) >= 11 is 0. The molecule has 120 valence electrons. The van der Waals surface area contributed by atoms with Gasteiger partial charge in [-0.2, -0.15) is 4.68 Å². The molecular weight excluding hydrogens is 278 g/mol. The second-order valence-corrected chi connectivity index (χ2v) is 6.50. The maximum Gasteiger partial charge on any atom is 0.438 e. The van der Waals surface area contributed by atoms with Gasteiger partial charge in [0.15, 0.2) is 0 Å². The van der Waals surface area contributed by atoms with Gasteiger partial charge in [-0.15, -0.1) is 5.10 Å². The molecule has 0 bridgehead atoms. The Morgan fingerprint density at radius 1 is 1.09 bits per heavy atom. The monoisotopic (exact) mass is 303 g/mol. The van der Waals surface area contributed by atoms with Gasteiger partial charge in [-0.25, -0.2) is 4.79 Å². The van der Waals surface area contributed by atoms with E-state index in [2.05, 4.69) is 37.7 Å². The van der Waals surface area contributed by atoms with E-state index in [1.54, 1.807) is 0 Å². The van der Waals surface area contributed by atoms with Crippen molar-refractivity contribution >= 4 is 0 Å². The molecule has 2 rings (SSSR count). The Morgan fingerprint density at radius 2 is 1.68 bits per heavy atom. The fraction of sp³-hybridized carbons (Fsp3) is 0.529. The molecule has 0 aliphatic carbocycles. The number of aromatic nitrogens is 2. The first-order valence-electron chi connectivity index (χ1n) is 7.81. The van der Waals surface area contributed by atoms with Crippen molar-refractivity contribution in [3.8, 4) is 11.5 Å². The molecule has 0 N–H and O–H groups in total. The predicted octanol–water partition coefficient (Wildman–Crippen LogP) is 3.07. The van der Waals surface area contributed by atoms with Crippen molar-refractivity contribution in [2.24, 2.45) is 11.8 Å². The Hall–Kier alpha value is -1.88. The minimum Gasteiger partial charge on any atom is -0.388 e. The third-order valence-electron chi connectivity index (χ3n) is 3.21. The first-order chi connectivity index (χ1) is 10.5. The third-order valence-corrected chi connectivity index (χ3v) is 3.21. The number of hydrogen-bond acceptors (Lipinski definition) is 4. The minimum absolute atomic E-state index is 0.375. The van der Waals surface area contributed by atoms with Crippen LogP contribution in [0.15, 0.2) is 39.5 Å². The average molecular weight is 303 g/mol. The minimum atomic E-state index is -0.406. The van der Waals surface area contributed by atoms with E-state index in [1.165, 1.54) is 4.68 Å². The molecular formula is C17H25N3O2. The predicted molar refractivity (Wildman–Crippen MR) is 87.4 cm³/mol. The summed E-state index contributed by atoms with van der Waals surface area (Å²) in [6.45, 7) is 11.0. The Morgan fingerprint density at radius 3 is 2.23 bits per heavy atom. The largest absolute Gasteiger partial charge is 0.438 e. The standard InChI is InChI=1S/C17H25N3O2/c1-13(2)10-19(11-14(3)4)12-20-17(21)22-16(18-20)15-8-6-5-7-9-15/h5-9,13-14H,10-12H2,1-4H3. The highest BCUT2D eigenvalue weighted by Crippen LogP contribution is 2.14. The van der Waals surface area contributed by atoms with Crippen molar-refractivity contribution in [3.63, 3.8) is 0 Å². The molecule has 0 saturated carbocycles. The molecule has 1 aromatic carbocycles. The van der Waals surface area contributed by atoms with E-state index in [1.807, 2.05) is 30.3 Å². The van der Waals surface area contributed by atoms with Gasteiger partial charge in [0.25, 0.3) is 0 Å². The molecule has 1 heterocycles. The lowest BCUT2D eigenvalue weighted by atomic mass is 10.1. The van der Waals surface area contributed by atoms with E-state index in [0.717, 1.165) is 18.7 Å². The molecule has 0 amide bonds. The highest BCUT2D eigenvalue weighted by atomic mass is 16.4. The lowest BCUT2D eigenvalue weighted by Gasteiger charge is -2.25. The molecule has 0 radical (unpaired) electrons. The highest BCUT2D eigenvalue weighted by molar-refractivity contribution is 5.51. The van der Waals surface area contributed by atoms with Gasteiger partial charge in [0, 0.05) is 18.7 Å². The quantitative estimate of drug-likeness (QED) is 0.789. The van der Waals surface area contributed by atoms with Gasteiger partial charge >= 0.3 is 5.76 Å². The number of hydrogen-bond donors (Lipinski definition) is 0. The Kier molecular flexibility index (Phi) is 5.55. The van der Waals surface area contributed by atoms with Gasteiger partial charge < -0.3 is 4.42 Å². The van der Waals surface area contributed by atoms with Crippen molar-refractivity contribution in [3.05, 3.63) is 40.9 Å². The number of benzene rings is 1. The van der Waals surface area contributed by atoms with Gasteiger partial charge in [0.1, 0.15) is 6.67 Å². The van der Waals surface area contributed by atoms with Crippen molar-refractivity contribution < 1.29 is 4.42 Å². The fourth-order valence-corrected chi connectivity index (χ4v) is 2.51.